The minimum absolute atomic E-state index is 0.461. The van der Waals surface area contributed by atoms with Crippen molar-refractivity contribution in [3.63, 3.8) is 0 Å². The Bertz CT molecular complexity index is 447. The van der Waals surface area contributed by atoms with E-state index >= 15 is 0 Å². The van der Waals surface area contributed by atoms with Gasteiger partial charge >= 0.3 is 12.3 Å². The fraction of sp³-hybridized carbons (Fsp3) is 0.250. The third-order valence-electron chi connectivity index (χ3n) is 1.71. The number of nitrogens with two attached hydrogens (primary N) is 1. The largest absolute Gasteiger partial charge is 0.573 e. The van der Waals surface area contributed by atoms with Crippen LogP contribution in [-0.4, -0.2) is 22.4 Å². The van der Waals surface area contributed by atoms with E-state index in [0.717, 1.165) is 0 Å². The number of carboxylic acids is 1. The van der Waals surface area contributed by atoms with Crippen LogP contribution in [0.4, 0.5) is 17.6 Å². The van der Waals surface area contributed by atoms with E-state index < -0.39 is 41.7 Å². The monoisotopic (exact) mass is 254 g/mol. The van der Waals surface area contributed by atoms with Crippen LogP contribution in [0.5, 0.6) is 5.75 Å². The topological polar surface area (TPSA) is 85.4 Å². The van der Waals surface area contributed by atoms with Crippen molar-refractivity contribution in [2.24, 2.45) is 5.73 Å². The van der Waals surface area contributed by atoms with Crippen molar-refractivity contribution in [2.75, 3.05) is 0 Å². The molecule has 5 nitrogen and oxygen atoms in total. The number of aromatic nitrogens is 1. The molecule has 0 unspecified atom stereocenters. The Balaban J connectivity index is 3.26. The van der Waals surface area contributed by atoms with Crippen LogP contribution in [0.2, 0.25) is 0 Å². The van der Waals surface area contributed by atoms with Gasteiger partial charge in [0.1, 0.15) is 0 Å². The summed E-state index contributed by atoms with van der Waals surface area (Å²) in [5, 5.41) is 8.50. The Morgan fingerprint density at radius 1 is 1.53 bits per heavy atom. The molecular weight excluding hydrogens is 248 g/mol. The molecule has 0 aromatic carbocycles. The van der Waals surface area contributed by atoms with Crippen LogP contribution in [0, 0.1) is 5.82 Å². The summed E-state index contributed by atoms with van der Waals surface area (Å²) in [6.45, 7) is -0.653. The van der Waals surface area contributed by atoms with Crippen LogP contribution < -0.4 is 10.5 Å². The van der Waals surface area contributed by atoms with Gasteiger partial charge < -0.3 is 15.6 Å². The van der Waals surface area contributed by atoms with Crippen molar-refractivity contribution in [3.05, 3.63) is 23.3 Å². The molecule has 3 N–H and O–H groups in total. The number of rotatable bonds is 3. The molecule has 0 radical (unpaired) electrons. The lowest BCUT2D eigenvalue weighted by molar-refractivity contribution is -0.275. The Morgan fingerprint density at radius 3 is 2.53 bits per heavy atom. The molecule has 0 fully saturated rings. The zero-order chi connectivity index (χ0) is 13.2. The number of aromatic carboxylic acids is 1. The lowest BCUT2D eigenvalue weighted by Gasteiger charge is -2.13. The fourth-order valence-corrected chi connectivity index (χ4v) is 1.06. The molecule has 1 rings (SSSR count). The number of hydrogen-bond acceptors (Lipinski definition) is 4. The summed E-state index contributed by atoms with van der Waals surface area (Å²) >= 11 is 0. The van der Waals surface area contributed by atoms with Crippen LogP contribution in [0.3, 0.4) is 0 Å². The first-order chi connectivity index (χ1) is 7.76. The van der Waals surface area contributed by atoms with E-state index in [4.69, 9.17) is 10.8 Å². The van der Waals surface area contributed by atoms with E-state index in [1.54, 1.807) is 0 Å². The third kappa shape index (κ3) is 3.03. The molecule has 0 atom stereocenters. The van der Waals surface area contributed by atoms with E-state index in [2.05, 4.69) is 9.72 Å². The van der Waals surface area contributed by atoms with Gasteiger partial charge in [0.15, 0.2) is 17.3 Å². The zero-order valence-electron chi connectivity index (χ0n) is 8.08. The predicted molar refractivity (Wildman–Crippen MR) is 45.7 cm³/mol. The van der Waals surface area contributed by atoms with Gasteiger partial charge in [-0.3, -0.25) is 0 Å². The fourth-order valence-electron chi connectivity index (χ4n) is 1.06. The van der Waals surface area contributed by atoms with Crippen LogP contribution in [0.15, 0.2) is 6.20 Å². The average Bonchev–Trinajstić information content (AvgIpc) is 2.15. The van der Waals surface area contributed by atoms with Gasteiger partial charge in [-0.15, -0.1) is 13.2 Å². The third-order valence-corrected chi connectivity index (χ3v) is 1.71. The molecule has 0 spiro atoms. The van der Waals surface area contributed by atoms with Crippen molar-refractivity contribution >= 4 is 5.97 Å². The molecule has 1 heterocycles. The summed E-state index contributed by atoms with van der Waals surface area (Å²) in [5.74, 6) is -4.11. The van der Waals surface area contributed by atoms with Gasteiger partial charge in [-0.2, -0.15) is 0 Å². The maximum Gasteiger partial charge on any atom is 0.573 e. The van der Waals surface area contributed by atoms with Crippen molar-refractivity contribution in [3.8, 4) is 5.75 Å². The first-order valence-electron chi connectivity index (χ1n) is 4.12. The van der Waals surface area contributed by atoms with E-state index in [1.807, 2.05) is 0 Å². The Morgan fingerprint density at radius 2 is 2.12 bits per heavy atom. The summed E-state index contributed by atoms with van der Waals surface area (Å²) in [4.78, 5) is 13.5. The van der Waals surface area contributed by atoms with Gasteiger partial charge in [-0.05, 0) is 0 Å². The number of carboxylic acid groups (broad SMARTS) is 1. The molecule has 1 aromatic heterocycles. The highest BCUT2D eigenvalue weighted by atomic mass is 19.4. The van der Waals surface area contributed by atoms with Gasteiger partial charge in [0.25, 0.3) is 0 Å². The van der Waals surface area contributed by atoms with Crippen molar-refractivity contribution < 1.29 is 32.2 Å². The Kier molecular flexibility index (Phi) is 3.51. The van der Waals surface area contributed by atoms with E-state index in [9.17, 15) is 22.4 Å². The number of pyridine rings is 1. The molecule has 0 amide bonds. The second kappa shape index (κ2) is 4.53. The molecular formula is C8H6F4N2O3. The van der Waals surface area contributed by atoms with Crippen LogP contribution in [0.1, 0.15) is 16.1 Å². The highest BCUT2D eigenvalue weighted by Gasteiger charge is 2.33. The number of halogens is 4. The van der Waals surface area contributed by atoms with Crippen LogP contribution in [-0.2, 0) is 6.54 Å². The minimum atomic E-state index is -5.04. The van der Waals surface area contributed by atoms with E-state index in [1.165, 1.54) is 0 Å². The standard InChI is InChI=1S/C8H6F4N2O3/c9-5-3(1-13)4(17-8(10,11)12)2-14-6(5)7(15)16/h2H,1,13H2,(H,15,16). The smallest absolute Gasteiger partial charge is 0.476 e. The van der Waals surface area contributed by atoms with Gasteiger partial charge in [0.05, 0.1) is 6.20 Å². The molecule has 0 saturated heterocycles. The van der Waals surface area contributed by atoms with Crippen LogP contribution in [0.25, 0.3) is 0 Å². The maximum absolute atomic E-state index is 13.4. The van der Waals surface area contributed by atoms with Crippen molar-refractivity contribution in [1.29, 1.82) is 0 Å². The molecule has 0 aliphatic heterocycles. The van der Waals surface area contributed by atoms with Gasteiger partial charge in [-0.1, -0.05) is 0 Å². The normalized spacial score (nSPS) is 11.4. The predicted octanol–water partition coefficient (Wildman–Crippen LogP) is 1.28. The minimum Gasteiger partial charge on any atom is -0.476 e. The molecule has 0 bridgehead atoms. The molecule has 0 aliphatic rings. The highest BCUT2D eigenvalue weighted by Crippen LogP contribution is 2.28. The maximum atomic E-state index is 13.4. The zero-order valence-corrected chi connectivity index (χ0v) is 8.08. The molecule has 9 heteroatoms. The van der Waals surface area contributed by atoms with Crippen molar-refractivity contribution in [1.82, 2.24) is 4.98 Å². The number of hydrogen-bond donors (Lipinski definition) is 2. The average molecular weight is 254 g/mol. The van der Waals surface area contributed by atoms with Crippen LogP contribution >= 0.6 is 0 Å². The summed E-state index contributed by atoms with van der Waals surface area (Å²) < 4.78 is 52.6. The second-order valence-corrected chi connectivity index (χ2v) is 2.82. The summed E-state index contributed by atoms with van der Waals surface area (Å²) in [6.07, 6.45) is -4.58. The number of carbonyl (C=O) groups is 1. The van der Waals surface area contributed by atoms with Gasteiger partial charge in [0, 0.05) is 12.1 Å². The molecule has 1 aromatic rings. The Labute approximate surface area is 91.8 Å². The van der Waals surface area contributed by atoms with Crippen molar-refractivity contribution in [2.45, 2.75) is 12.9 Å². The quantitative estimate of drug-likeness (QED) is 0.793. The molecule has 17 heavy (non-hydrogen) atoms. The SMILES string of the molecule is NCc1c(OC(F)(F)F)cnc(C(=O)O)c1F. The second-order valence-electron chi connectivity index (χ2n) is 2.82. The highest BCUT2D eigenvalue weighted by molar-refractivity contribution is 5.86. The summed E-state index contributed by atoms with van der Waals surface area (Å²) in [7, 11) is 0. The summed E-state index contributed by atoms with van der Waals surface area (Å²) in [5.41, 5.74) is 3.32. The lowest BCUT2D eigenvalue weighted by atomic mass is 10.2. The summed E-state index contributed by atoms with van der Waals surface area (Å²) in [6, 6.07) is 0. The molecule has 0 aliphatic carbocycles. The van der Waals surface area contributed by atoms with Gasteiger partial charge in [0.2, 0.25) is 0 Å². The first-order valence-corrected chi connectivity index (χ1v) is 4.12. The lowest BCUT2D eigenvalue weighted by Crippen LogP contribution is -2.20. The number of ether oxygens (including phenoxy) is 1. The Hall–Kier alpha value is -1.90. The van der Waals surface area contributed by atoms with Gasteiger partial charge in [-0.25, -0.2) is 14.2 Å². The van der Waals surface area contributed by atoms with E-state index in [0.29, 0.717) is 6.20 Å². The first kappa shape index (κ1) is 13.2. The number of alkyl halides is 3. The molecule has 0 saturated carbocycles. The number of nitrogens with zero attached hydrogens (tertiary/aromatic N) is 1. The molecule has 94 valence electrons. The van der Waals surface area contributed by atoms with E-state index in [-0.39, 0.29) is 0 Å².